The molecule has 0 N–H and O–H groups in total. The number of carbonyl (C=O) groups excluding carboxylic acids is 2. The average molecular weight is 234 g/mol. The predicted molar refractivity (Wildman–Crippen MR) is 67.5 cm³/mol. The minimum atomic E-state index is -0.681. The van der Waals surface area contributed by atoms with Gasteiger partial charge in [-0.05, 0) is 18.4 Å². The molecule has 0 spiro atoms. The SMILES string of the molecule is C=C(C)C(=O)OC=O.CC(C)c1ccccc1. The lowest BCUT2D eigenvalue weighted by Gasteiger charge is -2.01. The summed E-state index contributed by atoms with van der Waals surface area (Å²) < 4.78 is 3.88. The first-order chi connectivity index (χ1) is 7.99. The van der Waals surface area contributed by atoms with Gasteiger partial charge in [-0.15, -0.1) is 0 Å². The van der Waals surface area contributed by atoms with Gasteiger partial charge in [-0.25, -0.2) is 4.79 Å². The Bertz CT molecular complexity index is 366. The summed E-state index contributed by atoms with van der Waals surface area (Å²) in [7, 11) is 0. The molecule has 0 saturated heterocycles. The fourth-order valence-corrected chi connectivity index (χ4v) is 0.982. The van der Waals surface area contributed by atoms with E-state index in [0.717, 1.165) is 0 Å². The van der Waals surface area contributed by atoms with Gasteiger partial charge >= 0.3 is 12.4 Å². The third-order valence-electron chi connectivity index (χ3n) is 1.97. The van der Waals surface area contributed by atoms with E-state index >= 15 is 0 Å². The van der Waals surface area contributed by atoms with Crippen molar-refractivity contribution in [2.45, 2.75) is 26.7 Å². The number of rotatable bonds is 3. The van der Waals surface area contributed by atoms with Gasteiger partial charge in [0.2, 0.25) is 0 Å². The van der Waals surface area contributed by atoms with Crippen molar-refractivity contribution < 1.29 is 14.3 Å². The Balaban J connectivity index is 0.000000304. The normalized spacial score (nSPS) is 8.94. The van der Waals surface area contributed by atoms with Crippen LogP contribution in [-0.4, -0.2) is 12.4 Å². The third-order valence-corrected chi connectivity index (χ3v) is 1.97. The maximum Gasteiger partial charge on any atom is 0.340 e. The summed E-state index contributed by atoms with van der Waals surface area (Å²) >= 11 is 0. The molecule has 3 nitrogen and oxygen atoms in total. The summed E-state index contributed by atoms with van der Waals surface area (Å²) in [5.74, 6) is -0.0220. The summed E-state index contributed by atoms with van der Waals surface area (Å²) in [5, 5.41) is 0. The standard InChI is InChI=1S/C9H12.C5H6O3/c1-8(2)9-6-4-3-5-7-9;1-4(2)5(7)8-3-6/h3-8H,1-2H3;3H,1H2,2H3. The number of carbonyl (C=O) groups is 2. The van der Waals surface area contributed by atoms with E-state index < -0.39 is 5.97 Å². The molecule has 0 fully saturated rings. The lowest BCUT2D eigenvalue weighted by atomic mass is 10.0. The minimum absolute atomic E-state index is 0.0804. The molecule has 0 heterocycles. The average Bonchev–Trinajstić information content (AvgIpc) is 2.31. The molecule has 17 heavy (non-hydrogen) atoms. The Hall–Kier alpha value is -1.90. The van der Waals surface area contributed by atoms with Gasteiger partial charge in [0.25, 0.3) is 0 Å². The topological polar surface area (TPSA) is 43.4 Å². The third kappa shape index (κ3) is 7.06. The molecule has 92 valence electrons. The molecule has 3 heteroatoms. The van der Waals surface area contributed by atoms with Gasteiger partial charge in [-0.3, -0.25) is 4.79 Å². The van der Waals surface area contributed by atoms with Crippen molar-refractivity contribution in [2.24, 2.45) is 0 Å². The summed E-state index contributed by atoms with van der Waals surface area (Å²) in [4.78, 5) is 19.6. The molecule has 0 aliphatic heterocycles. The summed E-state index contributed by atoms with van der Waals surface area (Å²) in [5.41, 5.74) is 1.63. The zero-order valence-electron chi connectivity index (χ0n) is 10.5. The van der Waals surface area contributed by atoms with E-state index in [4.69, 9.17) is 0 Å². The van der Waals surface area contributed by atoms with Gasteiger partial charge < -0.3 is 4.74 Å². The van der Waals surface area contributed by atoms with Crippen LogP contribution in [0, 0.1) is 0 Å². The van der Waals surface area contributed by atoms with E-state index in [0.29, 0.717) is 5.92 Å². The van der Waals surface area contributed by atoms with Crippen LogP contribution < -0.4 is 0 Å². The van der Waals surface area contributed by atoms with Crippen LogP contribution >= 0.6 is 0 Å². The molecular formula is C14H18O3. The molecule has 1 aromatic carbocycles. The molecule has 0 aliphatic rings. The monoisotopic (exact) mass is 234 g/mol. The Kier molecular flexibility index (Phi) is 7.35. The maximum absolute atomic E-state index is 10.2. The molecule has 0 atom stereocenters. The van der Waals surface area contributed by atoms with Crippen LogP contribution in [0.3, 0.4) is 0 Å². The van der Waals surface area contributed by atoms with Crippen molar-refractivity contribution in [3.05, 3.63) is 48.0 Å². The van der Waals surface area contributed by atoms with E-state index in [1.54, 1.807) is 0 Å². The van der Waals surface area contributed by atoms with Crippen LogP contribution in [0.5, 0.6) is 0 Å². The first-order valence-corrected chi connectivity index (χ1v) is 5.34. The lowest BCUT2D eigenvalue weighted by molar-refractivity contribution is -0.148. The summed E-state index contributed by atoms with van der Waals surface area (Å²) in [6.07, 6.45) is 0. The number of hydrogen-bond donors (Lipinski definition) is 0. The van der Waals surface area contributed by atoms with Crippen LogP contribution in [0.2, 0.25) is 0 Å². The second-order valence-corrected chi connectivity index (χ2v) is 3.85. The first kappa shape index (κ1) is 15.1. The quantitative estimate of drug-likeness (QED) is 0.349. The number of hydrogen-bond acceptors (Lipinski definition) is 3. The molecule has 0 saturated carbocycles. The first-order valence-electron chi connectivity index (χ1n) is 5.34. The molecule has 0 radical (unpaired) electrons. The van der Waals surface area contributed by atoms with Crippen molar-refractivity contribution in [3.8, 4) is 0 Å². The highest BCUT2D eigenvalue weighted by Gasteiger charge is 1.98. The van der Waals surface area contributed by atoms with Crippen LogP contribution in [-0.2, 0) is 14.3 Å². The predicted octanol–water partition coefficient (Wildman–Crippen LogP) is 3.07. The molecule has 0 aliphatic carbocycles. The van der Waals surface area contributed by atoms with Gasteiger partial charge in [0.05, 0.1) is 0 Å². The molecule has 1 aromatic rings. The van der Waals surface area contributed by atoms with Crippen molar-refractivity contribution >= 4 is 12.4 Å². The number of benzene rings is 1. The van der Waals surface area contributed by atoms with Crippen LogP contribution in [0.25, 0.3) is 0 Å². The second kappa shape index (κ2) is 8.28. The lowest BCUT2D eigenvalue weighted by Crippen LogP contribution is -2.01. The number of esters is 1. The van der Waals surface area contributed by atoms with Crippen LogP contribution in [0.1, 0.15) is 32.3 Å². The van der Waals surface area contributed by atoms with Gasteiger partial charge in [-0.1, -0.05) is 50.8 Å². The molecule has 0 bridgehead atoms. The fourth-order valence-electron chi connectivity index (χ4n) is 0.982. The maximum atomic E-state index is 10.2. The smallest absolute Gasteiger partial charge is 0.340 e. The van der Waals surface area contributed by atoms with Gasteiger partial charge in [0, 0.05) is 5.57 Å². The molecule has 1 rings (SSSR count). The van der Waals surface area contributed by atoms with Crippen LogP contribution in [0.4, 0.5) is 0 Å². The molecule has 0 aromatic heterocycles. The summed E-state index contributed by atoms with van der Waals surface area (Å²) in [6.45, 7) is 9.19. The van der Waals surface area contributed by atoms with Gasteiger partial charge in [-0.2, -0.15) is 0 Å². The highest BCUT2D eigenvalue weighted by molar-refractivity contribution is 5.90. The Morgan fingerprint density at radius 3 is 2.06 bits per heavy atom. The minimum Gasteiger partial charge on any atom is -0.392 e. The number of ether oxygens (including phenoxy) is 1. The van der Waals surface area contributed by atoms with E-state index in [2.05, 4.69) is 49.4 Å². The van der Waals surface area contributed by atoms with E-state index in [9.17, 15) is 9.59 Å². The second-order valence-electron chi connectivity index (χ2n) is 3.85. The fraction of sp³-hybridized carbons (Fsp3) is 0.286. The van der Waals surface area contributed by atoms with Crippen molar-refractivity contribution in [1.29, 1.82) is 0 Å². The Morgan fingerprint density at radius 2 is 1.82 bits per heavy atom. The summed E-state index contributed by atoms with van der Waals surface area (Å²) in [6, 6.07) is 10.5. The van der Waals surface area contributed by atoms with E-state index in [1.807, 2.05) is 6.07 Å². The van der Waals surface area contributed by atoms with Gasteiger partial charge in [0.15, 0.2) is 0 Å². The largest absolute Gasteiger partial charge is 0.392 e. The Morgan fingerprint density at radius 1 is 1.29 bits per heavy atom. The molecular weight excluding hydrogens is 216 g/mol. The zero-order chi connectivity index (χ0) is 13.3. The van der Waals surface area contributed by atoms with Crippen LogP contribution in [0.15, 0.2) is 42.5 Å². The zero-order valence-corrected chi connectivity index (χ0v) is 10.5. The Labute approximate surface area is 102 Å². The highest BCUT2D eigenvalue weighted by atomic mass is 16.6. The van der Waals surface area contributed by atoms with Crippen molar-refractivity contribution in [3.63, 3.8) is 0 Å². The van der Waals surface area contributed by atoms with Crippen molar-refractivity contribution in [1.82, 2.24) is 0 Å². The molecule has 0 unspecified atom stereocenters. The molecule has 0 amide bonds. The van der Waals surface area contributed by atoms with E-state index in [-0.39, 0.29) is 12.0 Å². The van der Waals surface area contributed by atoms with Crippen molar-refractivity contribution in [2.75, 3.05) is 0 Å². The van der Waals surface area contributed by atoms with E-state index in [1.165, 1.54) is 12.5 Å². The highest BCUT2D eigenvalue weighted by Crippen LogP contribution is 2.11. The van der Waals surface area contributed by atoms with Gasteiger partial charge in [0.1, 0.15) is 0 Å².